The quantitative estimate of drug-likeness (QED) is 0.682. The molecule has 1 N–H and O–H groups in total. The zero-order valence-corrected chi connectivity index (χ0v) is 13.3. The molecule has 7 nitrogen and oxygen atoms in total. The van der Waals surface area contributed by atoms with Gasteiger partial charge in [-0.15, -0.1) is 0 Å². The van der Waals surface area contributed by atoms with Gasteiger partial charge in [-0.1, -0.05) is 18.2 Å². The van der Waals surface area contributed by atoms with Gasteiger partial charge in [-0.25, -0.2) is 13.2 Å². The van der Waals surface area contributed by atoms with Crippen molar-refractivity contribution in [1.82, 2.24) is 5.32 Å². The third kappa shape index (κ3) is 5.45. The van der Waals surface area contributed by atoms with Gasteiger partial charge in [0.05, 0.1) is 17.8 Å². The van der Waals surface area contributed by atoms with Crippen LogP contribution < -0.4 is 5.32 Å². The molecule has 1 aromatic rings. The Morgan fingerprint density at radius 2 is 1.82 bits per heavy atom. The summed E-state index contributed by atoms with van der Waals surface area (Å²) in [4.78, 5) is 23.3. The zero-order chi connectivity index (χ0) is 16.6. The molecule has 1 aromatic carbocycles. The number of carbonyl (C=O) groups excluding carboxylic acids is 2. The van der Waals surface area contributed by atoms with Crippen LogP contribution in [0, 0.1) is 0 Å². The first-order chi connectivity index (χ1) is 10.4. The maximum absolute atomic E-state index is 12.2. The van der Waals surface area contributed by atoms with Crippen molar-refractivity contribution in [3.8, 4) is 0 Å². The molecule has 0 unspecified atom stereocenters. The Bertz CT molecular complexity index is 599. The Labute approximate surface area is 129 Å². The number of rotatable bonds is 8. The van der Waals surface area contributed by atoms with Gasteiger partial charge in [-0.05, 0) is 18.6 Å². The summed E-state index contributed by atoms with van der Waals surface area (Å²) in [5.74, 6) is -1.51. The first-order valence-electron chi connectivity index (χ1n) is 6.54. The second-order valence-electron chi connectivity index (χ2n) is 4.50. The Morgan fingerprint density at radius 3 is 2.36 bits per heavy atom. The van der Waals surface area contributed by atoms with E-state index in [-0.39, 0.29) is 23.7 Å². The molecule has 0 radical (unpaired) electrons. The third-order valence-corrected chi connectivity index (χ3v) is 4.64. The Balaban J connectivity index is 2.74. The van der Waals surface area contributed by atoms with E-state index in [2.05, 4.69) is 14.8 Å². The highest BCUT2D eigenvalue weighted by Crippen LogP contribution is 2.12. The Kier molecular flexibility index (Phi) is 7.00. The normalized spacial score (nSPS) is 12.5. The van der Waals surface area contributed by atoms with E-state index in [0.29, 0.717) is 0 Å². The molecule has 0 aromatic heterocycles. The highest BCUT2D eigenvalue weighted by molar-refractivity contribution is 7.91. The highest BCUT2D eigenvalue weighted by atomic mass is 32.2. The molecule has 0 spiro atoms. The lowest BCUT2D eigenvalue weighted by Gasteiger charge is -2.16. The van der Waals surface area contributed by atoms with Gasteiger partial charge in [0.25, 0.3) is 0 Å². The van der Waals surface area contributed by atoms with Crippen LogP contribution in [0.25, 0.3) is 0 Å². The fourth-order valence-electron chi connectivity index (χ4n) is 1.78. The number of ether oxygens (including phenoxy) is 2. The number of hydrogen-bond acceptors (Lipinski definition) is 6. The van der Waals surface area contributed by atoms with E-state index >= 15 is 0 Å². The van der Waals surface area contributed by atoms with Crippen LogP contribution in [0.15, 0.2) is 35.2 Å². The maximum Gasteiger partial charge on any atom is 0.328 e. The van der Waals surface area contributed by atoms with Gasteiger partial charge in [0.15, 0.2) is 9.84 Å². The van der Waals surface area contributed by atoms with Crippen LogP contribution >= 0.6 is 0 Å². The van der Waals surface area contributed by atoms with E-state index in [1.165, 1.54) is 26.4 Å². The number of sulfone groups is 1. The van der Waals surface area contributed by atoms with E-state index < -0.39 is 27.8 Å². The molecule has 0 heterocycles. The van der Waals surface area contributed by atoms with Crippen LogP contribution in [-0.4, -0.2) is 52.9 Å². The summed E-state index contributed by atoms with van der Waals surface area (Å²) in [7, 11) is -1.03. The number of hydrogen-bond donors (Lipinski definition) is 1. The van der Waals surface area contributed by atoms with Crippen molar-refractivity contribution in [2.45, 2.75) is 17.4 Å². The van der Waals surface area contributed by atoms with E-state index in [4.69, 9.17) is 0 Å². The van der Waals surface area contributed by atoms with E-state index in [9.17, 15) is 18.0 Å². The predicted octanol–water partition coefficient (Wildman–Crippen LogP) is 0.155. The number of esters is 1. The molecule has 1 amide bonds. The van der Waals surface area contributed by atoms with Gasteiger partial charge in [-0.2, -0.15) is 0 Å². The summed E-state index contributed by atoms with van der Waals surface area (Å²) in [5, 5.41) is 2.39. The minimum absolute atomic E-state index is 0.0840. The van der Waals surface area contributed by atoms with Crippen LogP contribution in [0.3, 0.4) is 0 Å². The molecule has 0 saturated heterocycles. The van der Waals surface area contributed by atoms with Gasteiger partial charge < -0.3 is 14.8 Å². The van der Waals surface area contributed by atoms with E-state index in [0.717, 1.165) is 0 Å². The molecule has 0 fully saturated rings. The van der Waals surface area contributed by atoms with Gasteiger partial charge in [-0.3, -0.25) is 4.79 Å². The minimum atomic E-state index is -3.54. The molecule has 0 aliphatic heterocycles. The molecular formula is C14H19NO6S. The van der Waals surface area contributed by atoms with Gasteiger partial charge >= 0.3 is 5.97 Å². The number of methoxy groups -OCH3 is 2. The highest BCUT2D eigenvalue weighted by Gasteiger charge is 2.25. The van der Waals surface area contributed by atoms with Crippen molar-refractivity contribution in [2.24, 2.45) is 0 Å². The molecule has 1 rings (SSSR count). The number of carbonyl (C=O) groups is 2. The second-order valence-corrected chi connectivity index (χ2v) is 6.61. The van der Waals surface area contributed by atoms with Crippen molar-refractivity contribution < 1.29 is 27.5 Å². The second kappa shape index (κ2) is 8.50. The lowest BCUT2D eigenvalue weighted by molar-refractivity contribution is -0.145. The zero-order valence-electron chi connectivity index (χ0n) is 12.4. The van der Waals surface area contributed by atoms with Crippen LogP contribution in [-0.2, 0) is 28.9 Å². The summed E-state index contributed by atoms with van der Waals surface area (Å²) in [6, 6.07) is 6.86. The topological polar surface area (TPSA) is 98.8 Å². The van der Waals surface area contributed by atoms with Crippen molar-refractivity contribution >= 4 is 21.7 Å². The molecular weight excluding hydrogens is 310 g/mol. The Morgan fingerprint density at radius 1 is 1.18 bits per heavy atom. The molecule has 8 heteroatoms. The Hall–Kier alpha value is -1.93. The first kappa shape index (κ1) is 18.1. The van der Waals surface area contributed by atoms with Crippen LogP contribution in [0.1, 0.15) is 6.42 Å². The van der Waals surface area contributed by atoms with Crippen molar-refractivity contribution in [3.05, 3.63) is 30.3 Å². The minimum Gasteiger partial charge on any atom is -0.467 e. The van der Waals surface area contributed by atoms with Crippen LogP contribution in [0.5, 0.6) is 0 Å². The number of benzene rings is 1. The van der Waals surface area contributed by atoms with Crippen molar-refractivity contribution in [3.63, 3.8) is 0 Å². The third-order valence-electron chi connectivity index (χ3n) is 2.87. The SMILES string of the molecule is COCC(=O)N[C@H](CCS(=O)(=O)c1ccccc1)C(=O)OC. The molecule has 0 bridgehead atoms. The van der Waals surface area contributed by atoms with Crippen molar-refractivity contribution in [1.29, 1.82) is 0 Å². The maximum atomic E-state index is 12.2. The van der Waals surface area contributed by atoms with Crippen LogP contribution in [0.2, 0.25) is 0 Å². The van der Waals surface area contributed by atoms with E-state index in [1.54, 1.807) is 18.2 Å². The molecule has 0 aliphatic carbocycles. The standard InChI is InChI=1S/C14H19NO6S/c1-20-10-13(16)15-12(14(17)21-2)8-9-22(18,19)11-6-4-3-5-7-11/h3-7,12H,8-10H2,1-2H3,(H,15,16)/t12-/m1/s1. The largest absolute Gasteiger partial charge is 0.467 e. The fraction of sp³-hybridized carbons (Fsp3) is 0.429. The molecule has 22 heavy (non-hydrogen) atoms. The monoisotopic (exact) mass is 329 g/mol. The fourth-order valence-corrected chi connectivity index (χ4v) is 3.13. The molecule has 0 aliphatic rings. The average molecular weight is 329 g/mol. The molecule has 122 valence electrons. The van der Waals surface area contributed by atoms with Crippen LogP contribution in [0.4, 0.5) is 0 Å². The summed E-state index contributed by atoms with van der Waals surface area (Å²) < 4.78 is 33.6. The summed E-state index contributed by atoms with van der Waals surface area (Å²) in [5.41, 5.74) is 0. The van der Waals surface area contributed by atoms with Gasteiger partial charge in [0.1, 0.15) is 12.6 Å². The summed E-state index contributed by atoms with van der Waals surface area (Å²) in [6.07, 6.45) is -0.0840. The lowest BCUT2D eigenvalue weighted by Crippen LogP contribution is -2.44. The van der Waals surface area contributed by atoms with Gasteiger partial charge in [0, 0.05) is 7.11 Å². The van der Waals surface area contributed by atoms with Gasteiger partial charge in [0.2, 0.25) is 5.91 Å². The van der Waals surface area contributed by atoms with E-state index in [1.807, 2.05) is 0 Å². The summed E-state index contributed by atoms with van der Waals surface area (Å²) in [6.45, 7) is -0.223. The number of nitrogens with one attached hydrogen (secondary N) is 1. The van der Waals surface area contributed by atoms with Crippen molar-refractivity contribution in [2.75, 3.05) is 26.6 Å². The lowest BCUT2D eigenvalue weighted by atomic mass is 10.2. The average Bonchev–Trinajstić information content (AvgIpc) is 2.51. The number of amides is 1. The molecule has 1 atom stereocenters. The molecule has 0 saturated carbocycles. The first-order valence-corrected chi connectivity index (χ1v) is 8.20. The summed E-state index contributed by atoms with van der Waals surface area (Å²) >= 11 is 0. The predicted molar refractivity (Wildman–Crippen MR) is 78.9 cm³/mol. The smallest absolute Gasteiger partial charge is 0.328 e.